The van der Waals surface area contributed by atoms with E-state index in [-0.39, 0.29) is 25.7 Å². The van der Waals surface area contributed by atoms with Gasteiger partial charge in [-0.2, -0.15) is 0 Å². The molecule has 0 heterocycles. The molecule has 0 bridgehead atoms. The van der Waals surface area contributed by atoms with Gasteiger partial charge in [0.1, 0.15) is 19.3 Å². The number of unbranched alkanes of at least 4 members (excludes halogenated alkanes) is 40. The van der Waals surface area contributed by atoms with Crippen LogP contribution in [-0.4, -0.2) is 96.7 Å². The summed E-state index contributed by atoms with van der Waals surface area (Å²) < 4.78 is 68.2. The lowest BCUT2D eigenvalue weighted by Gasteiger charge is -2.21. The topological polar surface area (TPSA) is 237 Å². The van der Waals surface area contributed by atoms with Gasteiger partial charge in [0.25, 0.3) is 0 Å². The predicted molar refractivity (Wildman–Crippen MR) is 381 cm³/mol. The van der Waals surface area contributed by atoms with E-state index in [4.69, 9.17) is 37.0 Å². The van der Waals surface area contributed by atoms with Crippen molar-refractivity contribution in [3.63, 3.8) is 0 Å². The second kappa shape index (κ2) is 65.7. The number of carbonyl (C=O) groups is 4. The van der Waals surface area contributed by atoms with Crippen molar-refractivity contribution in [2.75, 3.05) is 39.6 Å². The van der Waals surface area contributed by atoms with Gasteiger partial charge in [-0.05, 0) is 43.4 Å². The Labute approximate surface area is 575 Å². The first-order valence-corrected chi connectivity index (χ1v) is 41.9. The maximum Gasteiger partial charge on any atom is 0.472 e. The number of esters is 4. The van der Waals surface area contributed by atoms with Crippen LogP contribution in [-0.2, 0) is 65.4 Å². The largest absolute Gasteiger partial charge is 0.472 e. The van der Waals surface area contributed by atoms with Crippen molar-refractivity contribution in [2.45, 2.75) is 401 Å². The number of phosphoric ester groups is 2. The van der Waals surface area contributed by atoms with Gasteiger partial charge in [-0.1, -0.05) is 331 Å². The lowest BCUT2D eigenvalue weighted by atomic mass is 9.99. The fourth-order valence-electron chi connectivity index (χ4n) is 11.4. The van der Waals surface area contributed by atoms with Gasteiger partial charge in [0.2, 0.25) is 0 Å². The second-order valence-electron chi connectivity index (χ2n) is 28.2. The molecule has 0 rings (SSSR count). The molecular weight excluding hydrogens is 1230 g/mol. The van der Waals surface area contributed by atoms with Gasteiger partial charge in [-0.3, -0.25) is 37.3 Å². The molecule has 19 heteroatoms. The van der Waals surface area contributed by atoms with Crippen molar-refractivity contribution >= 4 is 39.5 Å². The summed E-state index contributed by atoms with van der Waals surface area (Å²) in [7, 11) is -9.90. The minimum Gasteiger partial charge on any atom is -0.462 e. The fourth-order valence-corrected chi connectivity index (χ4v) is 13.0. The number of rotatable bonds is 73. The second-order valence-corrected chi connectivity index (χ2v) is 31.1. The Hall–Kier alpha value is -1.94. The SMILES string of the molecule is CCCCCCCC(=O)OC[C@H](COP(=O)(O)OC[C@H](O)COP(=O)(O)OC[C@@H](COC(=O)CCCCCCCCCCCCCCCCC(C)CC)OC(=O)CCCCCCCCCCCCCCCCCCCCC(C)C)OC(=O)CCCCCCCCCC(C)C. The molecule has 0 aromatic carbocycles. The van der Waals surface area contributed by atoms with E-state index < -0.39 is 97.5 Å². The van der Waals surface area contributed by atoms with Crippen LogP contribution in [0.5, 0.6) is 0 Å². The maximum atomic E-state index is 13.1. The van der Waals surface area contributed by atoms with Crippen molar-refractivity contribution in [1.82, 2.24) is 0 Å². The van der Waals surface area contributed by atoms with Crippen molar-refractivity contribution in [3.05, 3.63) is 0 Å². The summed E-state index contributed by atoms with van der Waals surface area (Å²) in [6, 6.07) is 0. The molecule has 0 fully saturated rings. The molecule has 3 unspecified atom stereocenters. The van der Waals surface area contributed by atoms with Crippen LogP contribution in [0.1, 0.15) is 382 Å². The zero-order valence-electron chi connectivity index (χ0n) is 61.4. The van der Waals surface area contributed by atoms with E-state index in [2.05, 4.69) is 48.5 Å². The van der Waals surface area contributed by atoms with E-state index >= 15 is 0 Å². The highest BCUT2D eigenvalue weighted by Gasteiger charge is 2.30. The van der Waals surface area contributed by atoms with E-state index in [1.807, 2.05) is 0 Å². The van der Waals surface area contributed by atoms with Crippen LogP contribution < -0.4 is 0 Å². The van der Waals surface area contributed by atoms with E-state index in [0.29, 0.717) is 31.6 Å². The number of ether oxygens (including phenoxy) is 4. The van der Waals surface area contributed by atoms with Gasteiger partial charge < -0.3 is 33.8 Å². The first-order chi connectivity index (χ1) is 45.3. The number of hydrogen-bond acceptors (Lipinski definition) is 15. The zero-order chi connectivity index (χ0) is 69.4. The Kier molecular flexibility index (Phi) is 64.3. The Balaban J connectivity index is 5.12. The van der Waals surface area contributed by atoms with Gasteiger partial charge >= 0.3 is 39.5 Å². The molecule has 3 N–H and O–H groups in total. The Morgan fingerprint density at radius 1 is 0.309 bits per heavy atom. The first kappa shape index (κ1) is 92.1. The lowest BCUT2D eigenvalue weighted by molar-refractivity contribution is -0.161. The molecule has 558 valence electrons. The standard InChI is InChI=1S/C75H146O17P2/c1-8-10-11-39-49-56-72(77)85-62-70(91-75(80)59-52-45-38-32-34-41-47-54-67(5)6)64-89-93(81,82)87-60-69(76)61-88-94(83,84)90-65-71(63-86-73(78)57-50-43-36-30-26-22-19-18-21-25-29-35-42-48-55-68(7)9-2)92-74(79)58-51-44-37-31-27-23-17-15-13-12-14-16-20-24-28-33-40-46-53-66(3)4/h66-71,76H,8-65H2,1-7H3,(H,81,82)(H,83,84)/t68?,69-,70+,71+/m0/s1. The Morgan fingerprint density at radius 2 is 0.543 bits per heavy atom. The number of hydrogen-bond donors (Lipinski definition) is 3. The van der Waals surface area contributed by atoms with Crippen molar-refractivity contribution in [1.29, 1.82) is 0 Å². The molecule has 0 aromatic rings. The quantitative estimate of drug-likeness (QED) is 0.0222. The highest BCUT2D eigenvalue weighted by atomic mass is 31.2. The normalized spacial score (nSPS) is 14.4. The van der Waals surface area contributed by atoms with Crippen LogP contribution in [0.3, 0.4) is 0 Å². The van der Waals surface area contributed by atoms with Gasteiger partial charge in [0.15, 0.2) is 12.2 Å². The molecule has 17 nitrogen and oxygen atoms in total. The molecule has 0 aliphatic rings. The summed E-state index contributed by atoms with van der Waals surface area (Å²) in [5.74, 6) is 0.233. The number of aliphatic hydroxyl groups excluding tert-OH is 1. The molecule has 0 aliphatic heterocycles. The summed E-state index contributed by atoms with van der Waals surface area (Å²) in [5, 5.41) is 10.6. The first-order valence-electron chi connectivity index (χ1n) is 38.9. The molecule has 0 saturated carbocycles. The number of carbonyl (C=O) groups excluding carboxylic acids is 4. The molecule has 0 aromatic heterocycles. The van der Waals surface area contributed by atoms with E-state index in [1.165, 1.54) is 186 Å². The lowest BCUT2D eigenvalue weighted by Crippen LogP contribution is -2.30. The summed E-state index contributed by atoms with van der Waals surface area (Å²) in [5.41, 5.74) is 0. The van der Waals surface area contributed by atoms with Gasteiger partial charge in [0.05, 0.1) is 26.4 Å². The van der Waals surface area contributed by atoms with Gasteiger partial charge in [-0.15, -0.1) is 0 Å². The van der Waals surface area contributed by atoms with Crippen LogP contribution in [0, 0.1) is 17.8 Å². The van der Waals surface area contributed by atoms with Crippen molar-refractivity contribution in [3.8, 4) is 0 Å². The smallest absolute Gasteiger partial charge is 0.462 e. The van der Waals surface area contributed by atoms with E-state index in [9.17, 15) is 43.2 Å². The third kappa shape index (κ3) is 67.3. The predicted octanol–water partition coefficient (Wildman–Crippen LogP) is 21.8. The van der Waals surface area contributed by atoms with Crippen LogP contribution in [0.2, 0.25) is 0 Å². The summed E-state index contributed by atoms with van der Waals surface area (Å²) in [4.78, 5) is 72.4. The Morgan fingerprint density at radius 3 is 0.809 bits per heavy atom. The minimum atomic E-state index is -4.96. The monoisotopic (exact) mass is 1380 g/mol. The number of aliphatic hydroxyl groups is 1. The molecule has 0 spiro atoms. The average molecular weight is 1380 g/mol. The number of phosphoric acid groups is 2. The molecule has 94 heavy (non-hydrogen) atoms. The summed E-state index contributed by atoms with van der Waals surface area (Å²) in [6.07, 6.45) is 52.0. The van der Waals surface area contributed by atoms with Gasteiger partial charge in [-0.25, -0.2) is 9.13 Å². The molecule has 0 saturated heterocycles. The summed E-state index contributed by atoms with van der Waals surface area (Å²) in [6.45, 7) is 11.8. The molecular formula is C75H146O17P2. The van der Waals surface area contributed by atoms with E-state index in [1.54, 1.807) is 0 Å². The van der Waals surface area contributed by atoms with Crippen molar-refractivity contribution < 1.29 is 80.2 Å². The van der Waals surface area contributed by atoms with E-state index in [0.717, 1.165) is 108 Å². The highest BCUT2D eigenvalue weighted by Crippen LogP contribution is 2.45. The van der Waals surface area contributed by atoms with Crippen LogP contribution >= 0.6 is 15.6 Å². The average Bonchev–Trinajstić information content (AvgIpc) is 1.47. The summed E-state index contributed by atoms with van der Waals surface area (Å²) >= 11 is 0. The third-order valence-corrected chi connectivity index (χ3v) is 19.6. The highest BCUT2D eigenvalue weighted by molar-refractivity contribution is 7.47. The van der Waals surface area contributed by atoms with Crippen LogP contribution in [0.4, 0.5) is 0 Å². The van der Waals surface area contributed by atoms with Crippen molar-refractivity contribution in [2.24, 2.45) is 17.8 Å². The van der Waals surface area contributed by atoms with Crippen LogP contribution in [0.25, 0.3) is 0 Å². The molecule has 0 amide bonds. The fraction of sp³-hybridized carbons (Fsp3) is 0.947. The zero-order valence-corrected chi connectivity index (χ0v) is 63.2. The molecule has 0 radical (unpaired) electrons. The third-order valence-electron chi connectivity index (χ3n) is 17.7. The van der Waals surface area contributed by atoms with Gasteiger partial charge in [0, 0.05) is 25.7 Å². The van der Waals surface area contributed by atoms with Crippen LogP contribution in [0.15, 0.2) is 0 Å². The maximum absolute atomic E-state index is 13.1. The minimum absolute atomic E-state index is 0.102. The molecule has 0 aliphatic carbocycles. The Bertz CT molecular complexity index is 1840. The molecule has 6 atom stereocenters.